The SMILES string of the molecule is COc1ccc([C@H](CC(=O)NCc2ccc3c(c2)OCO3)NS(=O)(=O)c2ccc(Cl)cc2)cc1. The second kappa shape index (κ2) is 10.3. The first kappa shape index (κ1) is 23.9. The van der Waals surface area contributed by atoms with Crippen molar-refractivity contribution in [1.29, 1.82) is 0 Å². The van der Waals surface area contributed by atoms with E-state index in [0.29, 0.717) is 27.8 Å². The van der Waals surface area contributed by atoms with Crippen LogP contribution >= 0.6 is 11.6 Å². The van der Waals surface area contributed by atoms with Crippen LogP contribution in [0.1, 0.15) is 23.6 Å². The average molecular weight is 503 g/mol. The molecule has 3 aromatic carbocycles. The van der Waals surface area contributed by atoms with E-state index < -0.39 is 16.1 Å². The Balaban J connectivity index is 1.49. The predicted molar refractivity (Wildman–Crippen MR) is 127 cm³/mol. The van der Waals surface area contributed by atoms with Gasteiger partial charge in [0.15, 0.2) is 11.5 Å². The number of benzene rings is 3. The third-order valence-corrected chi connectivity index (χ3v) is 7.00. The van der Waals surface area contributed by atoms with Gasteiger partial charge >= 0.3 is 0 Å². The second-order valence-corrected chi connectivity index (χ2v) is 9.72. The summed E-state index contributed by atoms with van der Waals surface area (Å²) in [7, 11) is -2.37. The van der Waals surface area contributed by atoms with Gasteiger partial charge in [0.25, 0.3) is 0 Å². The summed E-state index contributed by atoms with van der Waals surface area (Å²) >= 11 is 5.88. The molecule has 0 spiro atoms. The van der Waals surface area contributed by atoms with Gasteiger partial charge < -0.3 is 19.5 Å². The molecule has 0 saturated heterocycles. The number of sulfonamides is 1. The van der Waals surface area contributed by atoms with Crippen LogP contribution in [-0.2, 0) is 21.4 Å². The fourth-order valence-corrected chi connectivity index (χ4v) is 4.79. The molecule has 0 aliphatic carbocycles. The number of methoxy groups -OCH3 is 1. The molecule has 3 aromatic rings. The Morgan fingerprint density at radius 1 is 1.03 bits per heavy atom. The zero-order valence-corrected chi connectivity index (χ0v) is 19.9. The smallest absolute Gasteiger partial charge is 0.241 e. The largest absolute Gasteiger partial charge is 0.497 e. The summed E-state index contributed by atoms with van der Waals surface area (Å²) in [6.45, 7) is 0.428. The third kappa shape index (κ3) is 5.80. The lowest BCUT2D eigenvalue weighted by atomic mass is 10.0. The van der Waals surface area contributed by atoms with Gasteiger partial charge in [0.1, 0.15) is 5.75 Å². The molecule has 1 aliphatic heterocycles. The van der Waals surface area contributed by atoms with Gasteiger partial charge in [0, 0.05) is 18.0 Å². The molecule has 10 heteroatoms. The first-order chi connectivity index (χ1) is 16.3. The first-order valence-corrected chi connectivity index (χ1v) is 12.3. The summed E-state index contributed by atoms with van der Waals surface area (Å²) < 4.78 is 44.4. The zero-order valence-electron chi connectivity index (χ0n) is 18.3. The van der Waals surface area contributed by atoms with E-state index in [9.17, 15) is 13.2 Å². The lowest BCUT2D eigenvalue weighted by molar-refractivity contribution is -0.121. The number of halogens is 1. The van der Waals surface area contributed by atoms with Crippen molar-refractivity contribution in [2.45, 2.75) is 23.9 Å². The van der Waals surface area contributed by atoms with Gasteiger partial charge in [-0.3, -0.25) is 4.79 Å². The van der Waals surface area contributed by atoms with Crippen molar-refractivity contribution in [2.24, 2.45) is 0 Å². The van der Waals surface area contributed by atoms with E-state index in [-0.39, 0.29) is 30.6 Å². The Bertz CT molecular complexity index is 1260. The molecule has 1 aliphatic rings. The van der Waals surface area contributed by atoms with E-state index in [1.165, 1.54) is 24.3 Å². The minimum absolute atomic E-state index is 0.0520. The molecule has 34 heavy (non-hydrogen) atoms. The number of rotatable bonds is 9. The standard InChI is InChI=1S/C24H23ClN2O6S/c1-31-19-7-3-17(4-8-19)21(27-34(29,30)20-9-5-18(25)6-10-20)13-24(28)26-14-16-2-11-22-23(12-16)33-15-32-22/h2-12,21,27H,13-15H2,1H3,(H,26,28)/t21-/m0/s1. The topological polar surface area (TPSA) is 103 Å². The Morgan fingerprint density at radius 2 is 1.74 bits per heavy atom. The van der Waals surface area contributed by atoms with Crippen molar-refractivity contribution < 1.29 is 27.4 Å². The summed E-state index contributed by atoms with van der Waals surface area (Å²) in [5, 5.41) is 3.26. The van der Waals surface area contributed by atoms with Gasteiger partial charge in [-0.15, -0.1) is 0 Å². The number of fused-ring (bicyclic) bond motifs is 1. The molecule has 178 valence electrons. The Kier molecular flexibility index (Phi) is 7.26. The van der Waals surface area contributed by atoms with Crippen LogP contribution in [0.15, 0.2) is 71.6 Å². The monoisotopic (exact) mass is 502 g/mol. The molecule has 0 fully saturated rings. The van der Waals surface area contributed by atoms with E-state index in [2.05, 4.69) is 10.0 Å². The normalized spacial score (nSPS) is 13.4. The fraction of sp³-hybridized carbons (Fsp3) is 0.208. The Hall–Kier alpha value is -3.27. The van der Waals surface area contributed by atoms with E-state index in [4.69, 9.17) is 25.8 Å². The molecular formula is C24H23ClN2O6S. The van der Waals surface area contributed by atoms with Crippen molar-refractivity contribution in [3.05, 3.63) is 82.9 Å². The van der Waals surface area contributed by atoms with Crippen molar-refractivity contribution in [2.75, 3.05) is 13.9 Å². The number of amides is 1. The number of hydrogen-bond acceptors (Lipinski definition) is 6. The van der Waals surface area contributed by atoms with E-state index in [0.717, 1.165) is 5.56 Å². The van der Waals surface area contributed by atoms with Crippen molar-refractivity contribution in [3.8, 4) is 17.2 Å². The summed E-state index contributed by atoms with van der Waals surface area (Å²) in [5.41, 5.74) is 1.46. The van der Waals surface area contributed by atoms with Crippen LogP contribution in [0.5, 0.6) is 17.2 Å². The van der Waals surface area contributed by atoms with E-state index in [1.54, 1.807) is 43.5 Å². The van der Waals surface area contributed by atoms with Crippen molar-refractivity contribution >= 4 is 27.5 Å². The minimum Gasteiger partial charge on any atom is -0.497 e. The van der Waals surface area contributed by atoms with Gasteiger partial charge in [-0.2, -0.15) is 0 Å². The molecule has 4 rings (SSSR count). The number of nitrogens with one attached hydrogen (secondary N) is 2. The van der Waals surface area contributed by atoms with Crippen LogP contribution in [0.4, 0.5) is 0 Å². The molecule has 0 radical (unpaired) electrons. The molecule has 1 heterocycles. The first-order valence-electron chi connectivity index (χ1n) is 10.4. The highest BCUT2D eigenvalue weighted by Gasteiger charge is 2.24. The molecule has 0 saturated carbocycles. The Labute approximate surface area is 202 Å². The number of ether oxygens (including phenoxy) is 3. The number of carbonyl (C=O) groups excluding carboxylic acids is 1. The van der Waals surface area contributed by atoms with Gasteiger partial charge in [0.2, 0.25) is 22.7 Å². The van der Waals surface area contributed by atoms with Gasteiger partial charge in [-0.05, 0) is 59.7 Å². The summed E-state index contributed by atoms with van der Waals surface area (Å²) in [6.07, 6.45) is -0.107. The maximum atomic E-state index is 13.0. The van der Waals surface area contributed by atoms with Gasteiger partial charge in [-0.1, -0.05) is 29.8 Å². The van der Waals surface area contributed by atoms with Crippen LogP contribution in [-0.4, -0.2) is 28.2 Å². The maximum Gasteiger partial charge on any atom is 0.241 e. The summed E-state index contributed by atoms with van der Waals surface area (Å²) in [5.74, 6) is 1.58. The number of carbonyl (C=O) groups is 1. The van der Waals surface area contributed by atoms with Crippen LogP contribution in [0.2, 0.25) is 5.02 Å². The second-order valence-electron chi connectivity index (χ2n) is 7.57. The quantitative estimate of drug-likeness (QED) is 0.461. The molecular weight excluding hydrogens is 480 g/mol. The predicted octanol–water partition coefficient (Wildman–Crippen LogP) is 3.80. The highest BCUT2D eigenvalue weighted by molar-refractivity contribution is 7.89. The van der Waals surface area contributed by atoms with Gasteiger partial charge in [-0.25, -0.2) is 13.1 Å². The maximum absolute atomic E-state index is 13.0. The van der Waals surface area contributed by atoms with Crippen molar-refractivity contribution in [1.82, 2.24) is 10.0 Å². The van der Waals surface area contributed by atoms with Crippen molar-refractivity contribution in [3.63, 3.8) is 0 Å². The fourth-order valence-electron chi connectivity index (χ4n) is 3.44. The molecule has 0 aromatic heterocycles. The van der Waals surface area contributed by atoms with E-state index in [1.807, 2.05) is 6.07 Å². The van der Waals surface area contributed by atoms with Crippen LogP contribution in [0.25, 0.3) is 0 Å². The summed E-state index contributed by atoms with van der Waals surface area (Å²) in [4.78, 5) is 12.8. The van der Waals surface area contributed by atoms with Crippen LogP contribution in [0.3, 0.4) is 0 Å². The molecule has 1 atom stereocenters. The average Bonchev–Trinajstić information content (AvgIpc) is 3.30. The molecule has 2 N–H and O–H groups in total. The number of hydrogen-bond donors (Lipinski definition) is 2. The highest BCUT2D eigenvalue weighted by Crippen LogP contribution is 2.32. The Morgan fingerprint density at radius 3 is 2.44 bits per heavy atom. The summed E-state index contributed by atoms with van der Waals surface area (Å²) in [6, 6.07) is 17.3. The molecule has 0 bridgehead atoms. The van der Waals surface area contributed by atoms with E-state index >= 15 is 0 Å². The third-order valence-electron chi connectivity index (χ3n) is 5.26. The lowest BCUT2D eigenvalue weighted by Crippen LogP contribution is -2.33. The molecule has 8 nitrogen and oxygen atoms in total. The van der Waals surface area contributed by atoms with Gasteiger partial charge in [0.05, 0.1) is 18.0 Å². The van der Waals surface area contributed by atoms with Crippen LogP contribution in [0, 0.1) is 0 Å². The lowest BCUT2D eigenvalue weighted by Gasteiger charge is -2.19. The molecule has 1 amide bonds. The minimum atomic E-state index is -3.91. The zero-order chi connectivity index (χ0) is 24.1. The highest BCUT2D eigenvalue weighted by atomic mass is 35.5. The molecule has 0 unspecified atom stereocenters. The van der Waals surface area contributed by atoms with Crippen LogP contribution < -0.4 is 24.2 Å².